The zero-order valence-corrected chi connectivity index (χ0v) is 19.8. The Balaban J connectivity index is 1.41. The number of H-pyrrole nitrogens is 1. The molecule has 1 aromatic carbocycles. The van der Waals surface area contributed by atoms with Gasteiger partial charge in [-0.3, -0.25) is 4.98 Å². The summed E-state index contributed by atoms with van der Waals surface area (Å²) in [6, 6.07) is 7.62. The number of hydrogen-bond acceptors (Lipinski definition) is 6. The summed E-state index contributed by atoms with van der Waals surface area (Å²) in [5, 5.41) is 9.33. The Morgan fingerprint density at radius 1 is 1.20 bits per heavy atom. The van der Waals surface area contributed by atoms with Crippen molar-refractivity contribution in [2.24, 2.45) is 0 Å². The number of pyridine rings is 1. The first kappa shape index (κ1) is 21.5. The summed E-state index contributed by atoms with van der Waals surface area (Å²) in [5.41, 5.74) is 5.86. The molecule has 4 aromatic heterocycles. The highest BCUT2D eigenvalue weighted by atomic mass is 19.1. The number of anilines is 1. The summed E-state index contributed by atoms with van der Waals surface area (Å²) in [5.74, 6) is 1.68. The first-order valence-corrected chi connectivity index (χ1v) is 11.8. The van der Waals surface area contributed by atoms with E-state index in [4.69, 9.17) is 14.7 Å². The van der Waals surface area contributed by atoms with Crippen molar-refractivity contribution in [2.45, 2.75) is 45.1 Å². The van der Waals surface area contributed by atoms with Crippen LogP contribution in [0.4, 0.5) is 10.3 Å². The number of nitrogens with zero attached hydrogens (tertiary/aromatic N) is 5. The van der Waals surface area contributed by atoms with Gasteiger partial charge in [0.25, 0.3) is 0 Å². The highest BCUT2D eigenvalue weighted by Crippen LogP contribution is 2.36. The molecule has 0 aliphatic heterocycles. The van der Waals surface area contributed by atoms with Gasteiger partial charge in [-0.25, -0.2) is 9.37 Å². The Morgan fingerprint density at radius 2 is 2.09 bits per heavy atom. The van der Waals surface area contributed by atoms with Crippen molar-refractivity contribution < 1.29 is 9.13 Å². The molecular weight excluding hydrogens is 445 g/mol. The molecule has 0 fully saturated rings. The second-order valence-electron chi connectivity index (χ2n) is 9.30. The molecule has 0 spiro atoms. The average molecular weight is 472 g/mol. The number of halogens is 1. The number of aromatic amines is 1. The van der Waals surface area contributed by atoms with Gasteiger partial charge >= 0.3 is 0 Å². The lowest BCUT2D eigenvalue weighted by Gasteiger charge is -2.24. The summed E-state index contributed by atoms with van der Waals surface area (Å²) in [4.78, 5) is 17.0. The second kappa shape index (κ2) is 8.33. The van der Waals surface area contributed by atoms with E-state index in [1.165, 1.54) is 23.5 Å². The van der Waals surface area contributed by atoms with Crippen LogP contribution >= 0.6 is 0 Å². The molecule has 178 valence electrons. The Hall–Kier alpha value is -4.01. The van der Waals surface area contributed by atoms with E-state index in [9.17, 15) is 4.39 Å². The zero-order valence-electron chi connectivity index (χ0n) is 19.8. The van der Waals surface area contributed by atoms with Crippen molar-refractivity contribution in [3.8, 4) is 17.1 Å². The van der Waals surface area contributed by atoms with E-state index >= 15 is 0 Å². The molecule has 1 aliphatic carbocycles. The van der Waals surface area contributed by atoms with E-state index in [2.05, 4.69) is 40.3 Å². The molecule has 0 amide bonds. The van der Waals surface area contributed by atoms with Gasteiger partial charge in [-0.05, 0) is 48.9 Å². The van der Waals surface area contributed by atoms with Gasteiger partial charge in [-0.1, -0.05) is 19.9 Å². The number of nitrogens with one attached hydrogen (secondary N) is 2. The molecular formula is C26H26FN7O. The van der Waals surface area contributed by atoms with Crippen molar-refractivity contribution in [3.05, 3.63) is 65.5 Å². The molecule has 8 nitrogen and oxygen atoms in total. The van der Waals surface area contributed by atoms with Crippen LogP contribution in [0.25, 0.3) is 27.9 Å². The summed E-state index contributed by atoms with van der Waals surface area (Å²) in [6.45, 7) is 4.20. The van der Waals surface area contributed by atoms with Crippen molar-refractivity contribution in [1.29, 1.82) is 0 Å². The molecule has 6 rings (SSSR count). The van der Waals surface area contributed by atoms with Crippen molar-refractivity contribution in [3.63, 3.8) is 0 Å². The van der Waals surface area contributed by atoms with Crippen LogP contribution in [0.2, 0.25) is 0 Å². The molecule has 4 heterocycles. The lowest BCUT2D eigenvalue weighted by atomic mass is 9.91. The number of fused-ring (bicyclic) bond motifs is 4. The number of aryl methyl sites for hydroxylation is 1. The fourth-order valence-corrected chi connectivity index (χ4v) is 4.98. The Morgan fingerprint density at radius 3 is 2.89 bits per heavy atom. The first-order chi connectivity index (χ1) is 17.0. The monoisotopic (exact) mass is 471 g/mol. The maximum absolute atomic E-state index is 13.9. The third-order valence-corrected chi connectivity index (χ3v) is 6.70. The van der Waals surface area contributed by atoms with E-state index in [-0.39, 0.29) is 12.0 Å². The molecule has 1 atom stereocenters. The van der Waals surface area contributed by atoms with Gasteiger partial charge in [0, 0.05) is 40.0 Å². The van der Waals surface area contributed by atoms with Gasteiger partial charge in [-0.2, -0.15) is 14.6 Å². The van der Waals surface area contributed by atoms with E-state index in [0.717, 1.165) is 41.5 Å². The van der Waals surface area contributed by atoms with Crippen LogP contribution in [-0.2, 0) is 12.8 Å². The van der Waals surface area contributed by atoms with Crippen molar-refractivity contribution in [2.75, 3.05) is 12.4 Å². The number of hydrogen-bond donors (Lipinski definition) is 2. The van der Waals surface area contributed by atoms with Gasteiger partial charge in [0.1, 0.15) is 11.6 Å². The smallest absolute Gasteiger partial charge is 0.228 e. The highest BCUT2D eigenvalue weighted by Gasteiger charge is 2.26. The van der Waals surface area contributed by atoms with E-state index in [0.29, 0.717) is 23.0 Å². The van der Waals surface area contributed by atoms with Crippen LogP contribution in [-0.4, -0.2) is 42.7 Å². The summed E-state index contributed by atoms with van der Waals surface area (Å²) in [6.07, 6.45) is 7.25. The van der Waals surface area contributed by atoms with E-state index in [1.54, 1.807) is 17.8 Å². The van der Waals surface area contributed by atoms with Crippen LogP contribution in [0, 0.1) is 5.82 Å². The van der Waals surface area contributed by atoms with Gasteiger partial charge < -0.3 is 15.0 Å². The van der Waals surface area contributed by atoms with Gasteiger partial charge in [0.05, 0.1) is 19.5 Å². The van der Waals surface area contributed by atoms with Crippen LogP contribution in [0.3, 0.4) is 0 Å². The van der Waals surface area contributed by atoms with Crippen LogP contribution in [0.1, 0.15) is 43.0 Å². The third kappa shape index (κ3) is 3.67. The van der Waals surface area contributed by atoms with Gasteiger partial charge in [-0.15, -0.1) is 0 Å². The first-order valence-electron chi connectivity index (χ1n) is 11.8. The molecule has 5 aromatic rings. The molecule has 9 heteroatoms. The highest BCUT2D eigenvalue weighted by molar-refractivity contribution is 5.91. The topological polar surface area (TPSA) is 93.0 Å². The lowest BCUT2D eigenvalue weighted by Crippen LogP contribution is -2.29. The lowest BCUT2D eigenvalue weighted by molar-refractivity contribution is 0.419. The van der Waals surface area contributed by atoms with Crippen LogP contribution in [0.5, 0.6) is 5.75 Å². The van der Waals surface area contributed by atoms with Crippen LogP contribution in [0.15, 0.2) is 42.9 Å². The standard InChI is InChI=1S/C26H26FN7O/c1-14(2)19-13-29-34-25(19)32-24(15-9-16(27)12-28-11-15)33-26(34)30-17-7-8-20-18(10-17)23-21(31-20)5-4-6-22(23)35-3/h4-6,9,11-14,17,31H,7-8,10H2,1-3H3,(H,30,32,33). The number of methoxy groups -OCH3 is 1. The van der Waals surface area contributed by atoms with Gasteiger partial charge in [0.15, 0.2) is 11.5 Å². The second-order valence-corrected chi connectivity index (χ2v) is 9.30. The molecule has 0 saturated carbocycles. The summed E-state index contributed by atoms with van der Waals surface area (Å²) >= 11 is 0. The third-order valence-electron chi connectivity index (χ3n) is 6.70. The fourth-order valence-electron chi connectivity index (χ4n) is 4.98. The molecule has 0 radical (unpaired) electrons. The predicted octanol–water partition coefficient (Wildman–Crippen LogP) is 4.91. The maximum Gasteiger partial charge on any atom is 0.228 e. The Labute approximate surface area is 201 Å². The van der Waals surface area contributed by atoms with E-state index in [1.807, 2.05) is 18.3 Å². The van der Waals surface area contributed by atoms with Crippen molar-refractivity contribution >= 4 is 22.5 Å². The molecule has 0 saturated heterocycles. The minimum absolute atomic E-state index is 0.134. The number of ether oxygens (including phenoxy) is 1. The number of aromatic nitrogens is 6. The van der Waals surface area contributed by atoms with E-state index < -0.39 is 5.82 Å². The SMILES string of the molecule is COc1cccc2[nH]c3c(c12)CC(Nc1nc(-c2cncc(F)c2)nc2c(C(C)C)cnn12)CC3. The zero-order chi connectivity index (χ0) is 24.1. The average Bonchev–Trinajstić information content (AvgIpc) is 3.45. The predicted molar refractivity (Wildman–Crippen MR) is 132 cm³/mol. The maximum atomic E-state index is 13.9. The molecule has 2 N–H and O–H groups in total. The fraction of sp³-hybridized carbons (Fsp3) is 0.308. The molecule has 35 heavy (non-hydrogen) atoms. The molecule has 1 unspecified atom stereocenters. The minimum Gasteiger partial charge on any atom is -0.496 e. The van der Waals surface area contributed by atoms with Gasteiger partial charge in [0.2, 0.25) is 5.95 Å². The normalized spacial score (nSPS) is 15.6. The Bertz CT molecular complexity index is 1550. The largest absolute Gasteiger partial charge is 0.496 e. The summed E-state index contributed by atoms with van der Waals surface area (Å²) < 4.78 is 21.3. The van der Waals surface area contributed by atoms with Crippen LogP contribution < -0.4 is 10.1 Å². The molecule has 0 bridgehead atoms. The minimum atomic E-state index is -0.425. The van der Waals surface area contributed by atoms with Crippen molar-refractivity contribution in [1.82, 2.24) is 29.5 Å². The summed E-state index contributed by atoms with van der Waals surface area (Å²) in [7, 11) is 1.71. The Kier molecular flexibility index (Phi) is 5.12. The number of benzene rings is 1. The number of rotatable bonds is 5. The quantitative estimate of drug-likeness (QED) is 0.378. The molecule has 1 aliphatic rings.